The number of carbonyl (C=O) groups excluding carboxylic acids is 2. The van der Waals surface area contributed by atoms with E-state index in [1.54, 1.807) is 25.5 Å². The van der Waals surface area contributed by atoms with Crippen molar-refractivity contribution in [1.29, 1.82) is 0 Å². The van der Waals surface area contributed by atoms with Crippen molar-refractivity contribution in [3.05, 3.63) is 34.5 Å². The summed E-state index contributed by atoms with van der Waals surface area (Å²) < 4.78 is 36.8. The number of fused-ring (bicyclic) bond motifs is 1. The minimum absolute atomic E-state index is 0.00338. The van der Waals surface area contributed by atoms with Gasteiger partial charge >= 0.3 is 6.03 Å². The van der Waals surface area contributed by atoms with E-state index in [1.165, 1.54) is 33.7 Å². The molecule has 0 atom stereocenters. The molecule has 1 aromatic heterocycles. The largest absolute Gasteiger partial charge is 0.454 e. The van der Waals surface area contributed by atoms with Gasteiger partial charge < -0.3 is 19.7 Å². The molecule has 1 aliphatic heterocycles. The summed E-state index contributed by atoms with van der Waals surface area (Å²) in [4.78, 5) is 25.7. The van der Waals surface area contributed by atoms with Gasteiger partial charge in [0, 0.05) is 25.5 Å². The molecule has 144 valence electrons. The number of benzene rings is 1. The van der Waals surface area contributed by atoms with Gasteiger partial charge in [-0.2, -0.15) is 11.3 Å². The Morgan fingerprint density at radius 2 is 1.93 bits per heavy atom. The summed E-state index contributed by atoms with van der Waals surface area (Å²) in [6.45, 7) is 0.0264. The number of ether oxygens (including phenoxy) is 2. The Morgan fingerprint density at radius 1 is 1.22 bits per heavy atom. The summed E-state index contributed by atoms with van der Waals surface area (Å²) in [7, 11) is -0.753. The van der Waals surface area contributed by atoms with Crippen LogP contribution in [-0.2, 0) is 21.2 Å². The topological polar surface area (TPSA) is 114 Å². The predicted molar refractivity (Wildman–Crippen MR) is 98.6 cm³/mol. The van der Waals surface area contributed by atoms with Gasteiger partial charge in [-0.1, -0.05) is 0 Å². The van der Waals surface area contributed by atoms with E-state index < -0.39 is 16.1 Å². The Balaban J connectivity index is 1.82. The number of nitrogens with one attached hydrogen (secondary N) is 2. The number of thiophene rings is 1. The van der Waals surface area contributed by atoms with Crippen LogP contribution < -0.4 is 19.5 Å². The fourth-order valence-corrected chi connectivity index (χ4v) is 4.24. The van der Waals surface area contributed by atoms with Crippen molar-refractivity contribution in [1.82, 2.24) is 9.62 Å². The van der Waals surface area contributed by atoms with Crippen LogP contribution in [-0.4, -0.2) is 46.1 Å². The normalized spacial score (nSPS) is 12.5. The van der Waals surface area contributed by atoms with Crippen LogP contribution in [0.25, 0.3) is 0 Å². The van der Waals surface area contributed by atoms with Crippen molar-refractivity contribution in [2.24, 2.45) is 0 Å². The number of amides is 3. The lowest BCUT2D eigenvalue weighted by Gasteiger charge is -2.15. The third-order valence-corrected chi connectivity index (χ3v) is 5.88. The van der Waals surface area contributed by atoms with Crippen LogP contribution in [0, 0.1) is 0 Å². The van der Waals surface area contributed by atoms with E-state index in [9.17, 15) is 18.0 Å². The number of sulfonamides is 1. The van der Waals surface area contributed by atoms with Crippen LogP contribution in [0.2, 0.25) is 0 Å². The van der Waals surface area contributed by atoms with Gasteiger partial charge in [0.1, 0.15) is 0 Å². The van der Waals surface area contributed by atoms with Gasteiger partial charge in [0.15, 0.2) is 11.5 Å². The van der Waals surface area contributed by atoms with Crippen molar-refractivity contribution in [2.75, 3.05) is 26.2 Å². The Morgan fingerprint density at radius 3 is 2.56 bits per heavy atom. The van der Waals surface area contributed by atoms with Gasteiger partial charge in [-0.05, 0) is 23.1 Å². The number of anilines is 1. The van der Waals surface area contributed by atoms with E-state index >= 15 is 0 Å². The first kappa shape index (κ1) is 19.0. The van der Waals surface area contributed by atoms with Crippen molar-refractivity contribution in [3.63, 3.8) is 0 Å². The number of hydrogen-bond donors (Lipinski definition) is 2. The van der Waals surface area contributed by atoms with E-state index in [-0.39, 0.29) is 29.7 Å². The molecule has 0 aliphatic carbocycles. The number of hydrogen-bond acceptors (Lipinski definition) is 7. The minimum atomic E-state index is -3.98. The molecule has 0 spiro atoms. The molecule has 2 N–H and O–H groups in total. The van der Waals surface area contributed by atoms with Crippen molar-refractivity contribution in [3.8, 4) is 11.5 Å². The maximum absolute atomic E-state index is 12.2. The van der Waals surface area contributed by atoms with E-state index in [2.05, 4.69) is 5.32 Å². The Kier molecular flexibility index (Phi) is 5.24. The minimum Gasteiger partial charge on any atom is -0.454 e. The van der Waals surface area contributed by atoms with E-state index in [4.69, 9.17) is 9.47 Å². The molecule has 2 heterocycles. The van der Waals surface area contributed by atoms with Crippen molar-refractivity contribution < 1.29 is 27.5 Å². The molecule has 0 bridgehead atoms. The molecular weight excluding hydrogens is 394 g/mol. The third-order valence-electron chi connectivity index (χ3n) is 3.72. The van der Waals surface area contributed by atoms with Gasteiger partial charge in [-0.15, -0.1) is 0 Å². The summed E-state index contributed by atoms with van der Waals surface area (Å²) in [5.74, 6) is 0.656. The second-order valence-corrected chi connectivity index (χ2v) is 8.31. The molecule has 11 heteroatoms. The van der Waals surface area contributed by atoms with Crippen LogP contribution in [0.4, 0.5) is 10.5 Å². The molecule has 0 unspecified atom stereocenters. The molecule has 1 aliphatic rings. The van der Waals surface area contributed by atoms with Gasteiger partial charge in [0.05, 0.1) is 17.0 Å². The standard InChI is InChI=1S/C16H17N3O6S2/c1-19(2)15(20)6-10-5-13-14(25-9-24-13)7-12(10)17-16(21)18-27(22,23)11-3-4-26-8-11/h3-5,7-8H,6,9H2,1-2H3,(H2,17,18,21). The molecule has 27 heavy (non-hydrogen) atoms. The first-order valence-electron chi connectivity index (χ1n) is 7.75. The molecule has 1 aromatic carbocycles. The average Bonchev–Trinajstić information content (AvgIpc) is 3.25. The molecule has 0 radical (unpaired) electrons. The quantitative estimate of drug-likeness (QED) is 0.773. The molecule has 0 saturated heterocycles. The van der Waals surface area contributed by atoms with Crippen molar-refractivity contribution >= 4 is 39.0 Å². The molecule has 9 nitrogen and oxygen atoms in total. The Labute approximate surface area is 159 Å². The Hall–Kier alpha value is -2.79. The van der Waals surface area contributed by atoms with Crippen LogP contribution in [0.5, 0.6) is 11.5 Å². The monoisotopic (exact) mass is 411 g/mol. The highest BCUT2D eigenvalue weighted by atomic mass is 32.2. The van der Waals surface area contributed by atoms with E-state index in [1.807, 2.05) is 4.72 Å². The predicted octanol–water partition coefficient (Wildman–Crippen LogP) is 1.62. The van der Waals surface area contributed by atoms with Gasteiger partial charge in [-0.3, -0.25) is 4.79 Å². The second-order valence-electron chi connectivity index (χ2n) is 5.85. The average molecular weight is 411 g/mol. The lowest BCUT2D eigenvalue weighted by atomic mass is 10.1. The van der Waals surface area contributed by atoms with E-state index in [0.717, 1.165) is 0 Å². The maximum atomic E-state index is 12.2. The zero-order valence-corrected chi connectivity index (χ0v) is 16.1. The van der Waals surface area contributed by atoms with Crippen LogP contribution in [0.15, 0.2) is 33.9 Å². The molecule has 2 aromatic rings. The third kappa shape index (κ3) is 4.31. The molecule has 3 rings (SSSR count). The molecular formula is C16H17N3O6S2. The summed E-state index contributed by atoms with van der Waals surface area (Å²) in [5.41, 5.74) is 0.730. The van der Waals surface area contributed by atoms with Gasteiger partial charge in [0.2, 0.25) is 12.7 Å². The highest BCUT2D eigenvalue weighted by Crippen LogP contribution is 2.37. The second kappa shape index (κ2) is 7.45. The number of likely N-dealkylation sites (N-methyl/N-ethyl adjacent to an activating group) is 1. The summed E-state index contributed by atoms with van der Waals surface area (Å²) in [6.07, 6.45) is -0.00344. The fourth-order valence-electron chi connectivity index (χ4n) is 2.30. The molecule has 0 saturated carbocycles. The number of urea groups is 1. The fraction of sp³-hybridized carbons (Fsp3) is 0.250. The SMILES string of the molecule is CN(C)C(=O)Cc1cc2c(cc1NC(=O)NS(=O)(=O)c1ccsc1)OCO2. The van der Waals surface area contributed by atoms with Gasteiger partial charge in [0.25, 0.3) is 10.0 Å². The van der Waals surface area contributed by atoms with Crippen LogP contribution in [0.1, 0.15) is 5.56 Å². The highest BCUT2D eigenvalue weighted by Gasteiger charge is 2.22. The van der Waals surface area contributed by atoms with Crippen molar-refractivity contribution in [2.45, 2.75) is 11.3 Å². The first-order valence-corrected chi connectivity index (χ1v) is 10.2. The first-order chi connectivity index (χ1) is 12.8. The zero-order valence-electron chi connectivity index (χ0n) is 14.5. The lowest BCUT2D eigenvalue weighted by Crippen LogP contribution is -2.34. The number of nitrogens with zero attached hydrogens (tertiary/aromatic N) is 1. The highest BCUT2D eigenvalue weighted by molar-refractivity contribution is 7.90. The molecule has 0 fully saturated rings. The zero-order chi connectivity index (χ0) is 19.6. The van der Waals surface area contributed by atoms with Gasteiger partial charge in [-0.25, -0.2) is 17.9 Å². The number of carbonyl (C=O) groups is 2. The smallest absolute Gasteiger partial charge is 0.333 e. The summed E-state index contributed by atoms with van der Waals surface area (Å²) >= 11 is 1.20. The Bertz CT molecular complexity index is 970. The number of rotatable bonds is 5. The summed E-state index contributed by atoms with van der Waals surface area (Å²) in [6, 6.07) is 3.53. The maximum Gasteiger partial charge on any atom is 0.333 e. The summed E-state index contributed by atoms with van der Waals surface area (Å²) in [5, 5.41) is 5.48. The lowest BCUT2D eigenvalue weighted by molar-refractivity contribution is -0.127. The van der Waals surface area contributed by atoms with E-state index in [0.29, 0.717) is 17.1 Å². The van der Waals surface area contributed by atoms with Crippen LogP contribution in [0.3, 0.4) is 0 Å². The molecule has 3 amide bonds. The van der Waals surface area contributed by atoms with Crippen LogP contribution >= 0.6 is 11.3 Å².